The molecule has 4 heteroatoms. The first kappa shape index (κ1) is 15.6. The van der Waals surface area contributed by atoms with Gasteiger partial charge in [-0.2, -0.15) is 0 Å². The summed E-state index contributed by atoms with van der Waals surface area (Å²) in [6.07, 6.45) is 3.07. The molecule has 0 aromatic heterocycles. The zero-order chi connectivity index (χ0) is 15.8. The van der Waals surface area contributed by atoms with E-state index in [4.69, 9.17) is 14.2 Å². The van der Waals surface area contributed by atoms with Crippen molar-refractivity contribution in [2.75, 3.05) is 14.2 Å². The number of hydrogen-bond acceptors (Lipinski definition) is 4. The van der Waals surface area contributed by atoms with Crippen molar-refractivity contribution in [1.29, 1.82) is 0 Å². The topological polar surface area (TPSA) is 44.8 Å². The Morgan fingerprint density at radius 3 is 2.41 bits per heavy atom. The van der Waals surface area contributed by atoms with Crippen molar-refractivity contribution in [1.82, 2.24) is 0 Å². The number of methoxy groups -OCH3 is 2. The second-order valence-corrected chi connectivity index (χ2v) is 4.54. The van der Waals surface area contributed by atoms with Gasteiger partial charge in [0.05, 0.1) is 14.2 Å². The highest BCUT2D eigenvalue weighted by atomic mass is 16.5. The first-order chi connectivity index (χ1) is 10.7. The molecule has 0 aliphatic rings. The number of benzene rings is 2. The molecule has 114 valence electrons. The van der Waals surface area contributed by atoms with Crippen LogP contribution in [0.2, 0.25) is 0 Å². The lowest BCUT2D eigenvalue weighted by Gasteiger charge is -2.07. The van der Waals surface area contributed by atoms with Gasteiger partial charge in [0.25, 0.3) is 0 Å². The van der Waals surface area contributed by atoms with Crippen LogP contribution in [-0.2, 0) is 16.1 Å². The number of carbonyl (C=O) groups is 1. The Hall–Kier alpha value is -2.75. The highest BCUT2D eigenvalue weighted by Crippen LogP contribution is 2.27. The van der Waals surface area contributed by atoms with Crippen LogP contribution in [0.1, 0.15) is 11.1 Å². The molecule has 0 N–H and O–H groups in total. The van der Waals surface area contributed by atoms with Crippen LogP contribution < -0.4 is 9.47 Å². The van der Waals surface area contributed by atoms with Crippen molar-refractivity contribution in [2.45, 2.75) is 6.61 Å². The van der Waals surface area contributed by atoms with E-state index in [1.54, 1.807) is 32.4 Å². The van der Waals surface area contributed by atoms with Gasteiger partial charge in [-0.3, -0.25) is 0 Å². The van der Waals surface area contributed by atoms with Crippen LogP contribution in [-0.4, -0.2) is 20.2 Å². The van der Waals surface area contributed by atoms with Gasteiger partial charge in [-0.25, -0.2) is 4.79 Å². The van der Waals surface area contributed by atoms with E-state index in [0.717, 1.165) is 11.1 Å². The number of esters is 1. The summed E-state index contributed by atoms with van der Waals surface area (Å²) in [7, 11) is 3.15. The summed E-state index contributed by atoms with van der Waals surface area (Å²) >= 11 is 0. The van der Waals surface area contributed by atoms with E-state index in [1.807, 2.05) is 36.4 Å². The highest BCUT2D eigenvalue weighted by Gasteiger charge is 2.03. The maximum absolute atomic E-state index is 11.7. The Morgan fingerprint density at radius 2 is 1.73 bits per heavy atom. The molecule has 0 saturated carbocycles. The third-order valence-corrected chi connectivity index (χ3v) is 3.04. The molecule has 22 heavy (non-hydrogen) atoms. The lowest BCUT2D eigenvalue weighted by Crippen LogP contribution is -2.00. The molecular formula is C18H18O4. The van der Waals surface area contributed by atoms with Gasteiger partial charge < -0.3 is 14.2 Å². The summed E-state index contributed by atoms with van der Waals surface area (Å²) in [6.45, 7) is 0.260. The molecule has 2 rings (SSSR count). The van der Waals surface area contributed by atoms with Crippen LogP contribution in [0.25, 0.3) is 6.08 Å². The van der Waals surface area contributed by atoms with E-state index < -0.39 is 5.97 Å². The Balaban J connectivity index is 1.95. The van der Waals surface area contributed by atoms with Crippen molar-refractivity contribution in [3.8, 4) is 11.5 Å². The lowest BCUT2D eigenvalue weighted by atomic mass is 10.2. The van der Waals surface area contributed by atoms with Gasteiger partial charge in [-0.15, -0.1) is 0 Å². The van der Waals surface area contributed by atoms with E-state index in [-0.39, 0.29) is 6.61 Å². The fraction of sp³-hybridized carbons (Fsp3) is 0.167. The number of carbonyl (C=O) groups excluding carboxylic acids is 1. The SMILES string of the molecule is COc1ccc(/C=C/C(=O)OCc2ccccc2)cc1OC. The highest BCUT2D eigenvalue weighted by molar-refractivity contribution is 5.87. The molecule has 0 heterocycles. The molecule has 2 aromatic rings. The van der Waals surface area contributed by atoms with Gasteiger partial charge >= 0.3 is 5.97 Å². The second kappa shape index (κ2) is 7.88. The average molecular weight is 298 g/mol. The minimum absolute atomic E-state index is 0.260. The molecule has 0 aliphatic heterocycles. The Labute approximate surface area is 129 Å². The Morgan fingerprint density at radius 1 is 1.00 bits per heavy atom. The van der Waals surface area contributed by atoms with Gasteiger partial charge in [0.15, 0.2) is 11.5 Å². The zero-order valence-corrected chi connectivity index (χ0v) is 12.6. The fourth-order valence-electron chi connectivity index (χ4n) is 1.90. The molecule has 0 saturated heterocycles. The Bertz CT molecular complexity index is 647. The molecule has 0 aliphatic carbocycles. The number of rotatable bonds is 6. The molecule has 2 aromatic carbocycles. The van der Waals surface area contributed by atoms with Crippen LogP contribution in [0.5, 0.6) is 11.5 Å². The predicted molar refractivity (Wildman–Crippen MR) is 84.8 cm³/mol. The van der Waals surface area contributed by atoms with E-state index >= 15 is 0 Å². The maximum atomic E-state index is 11.7. The third kappa shape index (κ3) is 4.38. The van der Waals surface area contributed by atoms with Gasteiger partial charge in [0.1, 0.15) is 6.61 Å². The second-order valence-electron chi connectivity index (χ2n) is 4.54. The van der Waals surface area contributed by atoms with Crippen LogP contribution in [0.3, 0.4) is 0 Å². The summed E-state index contributed by atoms with van der Waals surface area (Å²) in [5.74, 6) is 0.868. The van der Waals surface area contributed by atoms with Crippen LogP contribution in [0.4, 0.5) is 0 Å². The van der Waals surface area contributed by atoms with Gasteiger partial charge in [0.2, 0.25) is 0 Å². The molecule has 0 fully saturated rings. The van der Waals surface area contributed by atoms with Crippen molar-refractivity contribution >= 4 is 12.0 Å². The minimum atomic E-state index is -0.390. The fourth-order valence-corrected chi connectivity index (χ4v) is 1.90. The quantitative estimate of drug-likeness (QED) is 0.605. The molecule has 0 amide bonds. The van der Waals surface area contributed by atoms with Crippen LogP contribution in [0.15, 0.2) is 54.6 Å². The van der Waals surface area contributed by atoms with E-state index in [2.05, 4.69) is 0 Å². The van der Waals surface area contributed by atoms with Crippen molar-refractivity contribution in [2.24, 2.45) is 0 Å². The van der Waals surface area contributed by atoms with Crippen molar-refractivity contribution in [3.05, 3.63) is 65.7 Å². The summed E-state index contributed by atoms with van der Waals surface area (Å²) in [5, 5.41) is 0. The zero-order valence-electron chi connectivity index (χ0n) is 12.6. The Kier molecular flexibility index (Phi) is 5.60. The summed E-state index contributed by atoms with van der Waals surface area (Å²) in [6, 6.07) is 15.0. The maximum Gasteiger partial charge on any atom is 0.331 e. The lowest BCUT2D eigenvalue weighted by molar-refractivity contribution is -0.138. The van der Waals surface area contributed by atoms with Gasteiger partial charge in [0, 0.05) is 6.08 Å². The minimum Gasteiger partial charge on any atom is -0.493 e. The molecule has 0 atom stereocenters. The molecule has 0 radical (unpaired) electrons. The molecule has 0 spiro atoms. The summed E-state index contributed by atoms with van der Waals surface area (Å²) in [4.78, 5) is 11.7. The third-order valence-electron chi connectivity index (χ3n) is 3.04. The molecular weight excluding hydrogens is 280 g/mol. The van der Waals surface area contributed by atoms with Crippen molar-refractivity contribution in [3.63, 3.8) is 0 Å². The predicted octanol–water partition coefficient (Wildman–Crippen LogP) is 3.46. The molecule has 4 nitrogen and oxygen atoms in total. The molecule has 0 unspecified atom stereocenters. The summed E-state index contributed by atoms with van der Waals surface area (Å²) in [5.41, 5.74) is 1.78. The monoisotopic (exact) mass is 298 g/mol. The smallest absolute Gasteiger partial charge is 0.331 e. The number of hydrogen-bond donors (Lipinski definition) is 0. The van der Waals surface area contributed by atoms with E-state index in [0.29, 0.717) is 11.5 Å². The van der Waals surface area contributed by atoms with Gasteiger partial charge in [-0.1, -0.05) is 36.4 Å². The summed E-state index contributed by atoms with van der Waals surface area (Å²) < 4.78 is 15.5. The normalized spacial score (nSPS) is 10.5. The average Bonchev–Trinajstić information content (AvgIpc) is 2.58. The first-order valence-electron chi connectivity index (χ1n) is 6.83. The van der Waals surface area contributed by atoms with E-state index in [9.17, 15) is 4.79 Å². The molecule has 0 bridgehead atoms. The van der Waals surface area contributed by atoms with Crippen LogP contribution in [0, 0.1) is 0 Å². The van der Waals surface area contributed by atoms with Crippen LogP contribution >= 0.6 is 0 Å². The largest absolute Gasteiger partial charge is 0.493 e. The standard InChI is InChI=1S/C18H18O4/c1-20-16-10-8-14(12-17(16)21-2)9-11-18(19)22-13-15-6-4-3-5-7-15/h3-12H,13H2,1-2H3/b11-9+. The number of ether oxygens (including phenoxy) is 3. The van der Waals surface area contributed by atoms with E-state index in [1.165, 1.54) is 6.08 Å². The first-order valence-corrected chi connectivity index (χ1v) is 6.83. The van der Waals surface area contributed by atoms with Gasteiger partial charge in [-0.05, 0) is 29.3 Å². The van der Waals surface area contributed by atoms with Crippen molar-refractivity contribution < 1.29 is 19.0 Å².